The summed E-state index contributed by atoms with van der Waals surface area (Å²) < 4.78 is 0. The normalized spacial score (nSPS) is 16.4. The first kappa shape index (κ1) is 15.8. The average molecular weight is 291 g/mol. The molecule has 1 aromatic carbocycles. The minimum atomic E-state index is -0.726. The molecule has 0 bridgehead atoms. The third-order valence-corrected chi connectivity index (χ3v) is 3.42. The minimum Gasteiger partial charge on any atom is -0.389 e. The summed E-state index contributed by atoms with van der Waals surface area (Å²) in [5, 5.41) is 18.7. The van der Waals surface area contributed by atoms with Gasteiger partial charge in [-0.15, -0.1) is 0 Å². The van der Waals surface area contributed by atoms with Crippen LogP contribution < -0.4 is 16.0 Å². The third kappa shape index (κ3) is 5.73. The quantitative estimate of drug-likeness (QED) is 0.650. The lowest BCUT2D eigenvalue weighted by molar-refractivity contribution is 0.0770. The summed E-state index contributed by atoms with van der Waals surface area (Å²) in [5.74, 6) is 0. The first-order valence-electron chi connectivity index (χ1n) is 7.47. The molecule has 21 heavy (non-hydrogen) atoms. The molecule has 0 heterocycles. The Kier molecular flexibility index (Phi) is 4.85. The van der Waals surface area contributed by atoms with Crippen LogP contribution in [-0.4, -0.2) is 29.3 Å². The molecule has 0 aromatic heterocycles. The lowest BCUT2D eigenvalue weighted by atomic mass is 10.1. The van der Waals surface area contributed by atoms with Crippen molar-refractivity contribution in [1.29, 1.82) is 0 Å². The van der Waals surface area contributed by atoms with E-state index in [9.17, 15) is 9.90 Å². The number of benzene rings is 1. The molecule has 0 aliphatic heterocycles. The van der Waals surface area contributed by atoms with E-state index in [1.807, 2.05) is 31.2 Å². The summed E-state index contributed by atoms with van der Waals surface area (Å²) in [6.07, 6.45) is 2.16. The molecule has 4 N–H and O–H groups in total. The van der Waals surface area contributed by atoms with E-state index in [1.54, 1.807) is 13.8 Å². The zero-order valence-corrected chi connectivity index (χ0v) is 12.9. The Balaban J connectivity index is 1.84. The molecule has 1 aliphatic carbocycles. The summed E-state index contributed by atoms with van der Waals surface area (Å²) in [4.78, 5) is 11.6. The molecule has 1 fully saturated rings. The molecule has 2 rings (SSSR count). The maximum Gasteiger partial charge on any atom is 0.319 e. The first-order valence-corrected chi connectivity index (χ1v) is 7.47. The van der Waals surface area contributed by atoms with Crippen molar-refractivity contribution in [2.45, 2.75) is 51.3 Å². The number of anilines is 1. The van der Waals surface area contributed by atoms with Gasteiger partial charge in [-0.1, -0.05) is 12.1 Å². The largest absolute Gasteiger partial charge is 0.389 e. The summed E-state index contributed by atoms with van der Waals surface area (Å²) >= 11 is 0. The Morgan fingerprint density at radius 3 is 2.48 bits per heavy atom. The van der Waals surface area contributed by atoms with Crippen molar-refractivity contribution in [2.24, 2.45) is 0 Å². The molecule has 1 aromatic rings. The summed E-state index contributed by atoms with van der Waals surface area (Å²) in [6, 6.07) is 8.11. The Labute approximate surface area is 126 Å². The van der Waals surface area contributed by atoms with E-state index in [0.717, 1.165) is 24.1 Å². The van der Waals surface area contributed by atoms with Crippen LogP contribution in [0.25, 0.3) is 0 Å². The summed E-state index contributed by atoms with van der Waals surface area (Å²) in [5.41, 5.74) is 1.18. The van der Waals surface area contributed by atoms with E-state index in [0.29, 0.717) is 12.6 Å². The fourth-order valence-electron chi connectivity index (χ4n) is 1.96. The van der Waals surface area contributed by atoms with E-state index in [1.165, 1.54) is 0 Å². The maximum atomic E-state index is 11.6. The highest BCUT2D eigenvalue weighted by atomic mass is 16.3. The van der Waals surface area contributed by atoms with Gasteiger partial charge in [0, 0.05) is 24.3 Å². The van der Waals surface area contributed by atoms with Crippen LogP contribution in [0.15, 0.2) is 24.3 Å². The van der Waals surface area contributed by atoms with Gasteiger partial charge in [-0.3, -0.25) is 0 Å². The molecular formula is C16H25N3O2. The van der Waals surface area contributed by atoms with Gasteiger partial charge in [0.05, 0.1) is 5.60 Å². The van der Waals surface area contributed by atoms with Crippen molar-refractivity contribution in [1.82, 2.24) is 10.6 Å². The van der Waals surface area contributed by atoms with Gasteiger partial charge in [0.2, 0.25) is 0 Å². The predicted octanol–water partition coefficient (Wildman–Crippen LogP) is 2.39. The highest BCUT2D eigenvalue weighted by Crippen LogP contribution is 2.19. The fourth-order valence-corrected chi connectivity index (χ4v) is 1.96. The number of hydrogen-bond donors (Lipinski definition) is 4. The second kappa shape index (κ2) is 6.45. The minimum absolute atomic E-state index is 0.140. The van der Waals surface area contributed by atoms with Crippen molar-refractivity contribution >= 4 is 11.7 Å². The zero-order chi connectivity index (χ0) is 15.5. The van der Waals surface area contributed by atoms with E-state index >= 15 is 0 Å². The van der Waals surface area contributed by atoms with E-state index in [2.05, 4.69) is 16.0 Å². The summed E-state index contributed by atoms with van der Waals surface area (Å²) in [6.45, 7) is 6.13. The molecule has 5 heteroatoms. The smallest absolute Gasteiger partial charge is 0.319 e. The monoisotopic (exact) mass is 291 g/mol. The standard InChI is InChI=1S/C16H25N3O2/c1-11(17-10-16(2,3)21)12-4-6-13(7-5-12)18-15(20)19-14-8-9-14/h4-7,11,14,17,21H,8-10H2,1-3H3,(H2,18,19,20). The predicted molar refractivity (Wildman–Crippen MR) is 84.3 cm³/mol. The molecule has 0 saturated heterocycles. The van der Waals surface area contributed by atoms with Crippen LogP contribution in [0.2, 0.25) is 0 Å². The van der Waals surface area contributed by atoms with Crippen molar-refractivity contribution in [3.05, 3.63) is 29.8 Å². The van der Waals surface area contributed by atoms with E-state index in [-0.39, 0.29) is 12.1 Å². The van der Waals surface area contributed by atoms with Gasteiger partial charge in [0.15, 0.2) is 0 Å². The van der Waals surface area contributed by atoms with Crippen LogP contribution in [0.5, 0.6) is 0 Å². The number of carbonyl (C=O) groups excluding carboxylic acids is 1. The van der Waals surface area contributed by atoms with Gasteiger partial charge in [0.25, 0.3) is 0 Å². The van der Waals surface area contributed by atoms with Crippen molar-refractivity contribution < 1.29 is 9.90 Å². The van der Waals surface area contributed by atoms with Crippen LogP contribution in [0.3, 0.4) is 0 Å². The van der Waals surface area contributed by atoms with Crippen LogP contribution in [-0.2, 0) is 0 Å². The van der Waals surface area contributed by atoms with Gasteiger partial charge < -0.3 is 21.1 Å². The Bertz CT molecular complexity index is 475. The Morgan fingerprint density at radius 1 is 1.33 bits per heavy atom. The second-order valence-electron chi connectivity index (χ2n) is 6.41. The lowest BCUT2D eigenvalue weighted by Crippen LogP contribution is -2.36. The Morgan fingerprint density at radius 2 is 1.95 bits per heavy atom. The maximum absolute atomic E-state index is 11.6. The highest BCUT2D eigenvalue weighted by molar-refractivity contribution is 5.89. The van der Waals surface area contributed by atoms with Crippen molar-refractivity contribution in [3.8, 4) is 0 Å². The highest BCUT2D eigenvalue weighted by Gasteiger charge is 2.23. The second-order valence-corrected chi connectivity index (χ2v) is 6.41. The van der Waals surface area contributed by atoms with Gasteiger partial charge in [-0.05, 0) is 51.3 Å². The molecule has 1 unspecified atom stereocenters. The average Bonchev–Trinajstić information content (AvgIpc) is 3.19. The zero-order valence-electron chi connectivity index (χ0n) is 12.9. The van der Waals surface area contributed by atoms with Crippen molar-refractivity contribution in [3.63, 3.8) is 0 Å². The topological polar surface area (TPSA) is 73.4 Å². The van der Waals surface area contributed by atoms with Crippen LogP contribution in [0.1, 0.15) is 45.2 Å². The number of aliphatic hydroxyl groups is 1. The number of carbonyl (C=O) groups is 1. The number of amides is 2. The van der Waals surface area contributed by atoms with Crippen LogP contribution >= 0.6 is 0 Å². The number of urea groups is 1. The van der Waals surface area contributed by atoms with E-state index in [4.69, 9.17) is 0 Å². The first-order chi connectivity index (χ1) is 9.83. The van der Waals surface area contributed by atoms with E-state index < -0.39 is 5.60 Å². The Hall–Kier alpha value is -1.59. The summed E-state index contributed by atoms with van der Waals surface area (Å²) in [7, 11) is 0. The number of hydrogen-bond acceptors (Lipinski definition) is 3. The van der Waals surface area contributed by atoms with Gasteiger partial charge in [-0.2, -0.15) is 0 Å². The molecule has 2 amide bonds. The molecule has 1 aliphatic rings. The molecule has 1 saturated carbocycles. The van der Waals surface area contributed by atoms with Gasteiger partial charge in [0.1, 0.15) is 0 Å². The SMILES string of the molecule is CC(NCC(C)(C)O)c1ccc(NC(=O)NC2CC2)cc1. The van der Waals surface area contributed by atoms with Gasteiger partial charge >= 0.3 is 6.03 Å². The molecule has 0 spiro atoms. The molecule has 0 radical (unpaired) electrons. The molecule has 5 nitrogen and oxygen atoms in total. The van der Waals surface area contributed by atoms with Crippen LogP contribution in [0.4, 0.5) is 10.5 Å². The third-order valence-electron chi connectivity index (χ3n) is 3.42. The lowest BCUT2D eigenvalue weighted by Gasteiger charge is -2.22. The molecule has 116 valence electrons. The van der Waals surface area contributed by atoms with Crippen molar-refractivity contribution in [2.75, 3.05) is 11.9 Å². The van der Waals surface area contributed by atoms with Gasteiger partial charge in [-0.25, -0.2) is 4.79 Å². The number of rotatable bonds is 6. The number of nitrogens with one attached hydrogen (secondary N) is 3. The fraction of sp³-hybridized carbons (Fsp3) is 0.562. The molecule has 1 atom stereocenters. The molecular weight excluding hydrogens is 266 g/mol. The van der Waals surface area contributed by atoms with Crippen LogP contribution in [0, 0.1) is 0 Å².